The average Bonchev–Trinajstić information content (AvgIpc) is 2.89. The lowest BCUT2D eigenvalue weighted by Gasteiger charge is -2.16. The van der Waals surface area contributed by atoms with Crippen LogP contribution in [0.25, 0.3) is 0 Å². The van der Waals surface area contributed by atoms with Crippen LogP contribution in [0.3, 0.4) is 0 Å². The molecule has 2 saturated heterocycles. The van der Waals surface area contributed by atoms with E-state index in [0.717, 1.165) is 26.2 Å². The summed E-state index contributed by atoms with van der Waals surface area (Å²) in [6, 6.07) is 1.69. The molecule has 2 aliphatic heterocycles. The van der Waals surface area contributed by atoms with E-state index in [1.165, 1.54) is 0 Å². The third-order valence-electron chi connectivity index (χ3n) is 3.55. The van der Waals surface area contributed by atoms with Crippen molar-refractivity contribution in [2.45, 2.75) is 0 Å². The molecule has 0 saturated carbocycles. The van der Waals surface area contributed by atoms with Gasteiger partial charge in [0.25, 0.3) is 5.91 Å². The predicted octanol–water partition coefficient (Wildman–Crippen LogP) is 0.959. The Kier molecular flexibility index (Phi) is 2.41. The van der Waals surface area contributed by atoms with Crippen LogP contribution in [-0.2, 0) is 0 Å². The molecule has 3 rings (SSSR count). The van der Waals surface area contributed by atoms with Gasteiger partial charge in [-0.15, -0.1) is 0 Å². The number of carbonyl (C=O) groups is 1. The Morgan fingerprint density at radius 3 is 2.62 bits per heavy atom. The van der Waals surface area contributed by atoms with E-state index in [2.05, 4.69) is 10.3 Å². The van der Waals surface area contributed by atoms with Crippen LogP contribution in [0.4, 0.5) is 0 Å². The molecule has 0 spiro atoms. The molecule has 1 amide bonds. The van der Waals surface area contributed by atoms with E-state index in [1.807, 2.05) is 4.90 Å². The summed E-state index contributed by atoms with van der Waals surface area (Å²) in [4.78, 5) is 16.9. The topological polar surface area (TPSA) is 48.1 Å². The molecule has 1 aromatic heterocycles. The minimum atomic E-state index is 0.0706. The molecular weight excluding hydrogens is 226 g/mol. The SMILES string of the molecule is O=C(c1cc(Cl)c[nH]1)N1CC2CNCC2C1. The van der Waals surface area contributed by atoms with Crippen LogP contribution >= 0.6 is 11.6 Å². The van der Waals surface area contributed by atoms with Gasteiger partial charge in [0.2, 0.25) is 0 Å². The summed E-state index contributed by atoms with van der Waals surface area (Å²) >= 11 is 5.79. The highest BCUT2D eigenvalue weighted by Gasteiger charge is 2.38. The highest BCUT2D eigenvalue weighted by Crippen LogP contribution is 2.27. The van der Waals surface area contributed by atoms with Gasteiger partial charge in [0.15, 0.2) is 0 Å². The fourth-order valence-corrected chi connectivity index (χ4v) is 2.85. The van der Waals surface area contributed by atoms with E-state index in [-0.39, 0.29) is 5.91 Å². The first-order chi connectivity index (χ1) is 7.74. The zero-order valence-corrected chi connectivity index (χ0v) is 9.63. The van der Waals surface area contributed by atoms with Crippen molar-refractivity contribution < 1.29 is 4.79 Å². The first kappa shape index (κ1) is 10.2. The molecule has 2 N–H and O–H groups in total. The molecule has 0 radical (unpaired) electrons. The van der Waals surface area contributed by atoms with Crippen LogP contribution in [0.15, 0.2) is 12.3 Å². The summed E-state index contributed by atoms with van der Waals surface area (Å²) < 4.78 is 0. The molecule has 86 valence electrons. The van der Waals surface area contributed by atoms with Crippen LogP contribution in [0, 0.1) is 11.8 Å². The third kappa shape index (κ3) is 1.62. The quantitative estimate of drug-likeness (QED) is 0.767. The first-order valence-corrected chi connectivity index (χ1v) is 5.96. The number of rotatable bonds is 1. The fraction of sp³-hybridized carbons (Fsp3) is 0.545. The molecule has 5 heteroatoms. The first-order valence-electron chi connectivity index (χ1n) is 5.58. The normalized spacial score (nSPS) is 28.4. The highest BCUT2D eigenvalue weighted by molar-refractivity contribution is 6.30. The lowest BCUT2D eigenvalue weighted by Crippen LogP contribution is -2.32. The van der Waals surface area contributed by atoms with Crippen LogP contribution in [-0.4, -0.2) is 42.0 Å². The number of hydrogen-bond donors (Lipinski definition) is 2. The van der Waals surface area contributed by atoms with Gasteiger partial charge in [-0.05, 0) is 17.9 Å². The van der Waals surface area contributed by atoms with E-state index >= 15 is 0 Å². The molecular formula is C11H14ClN3O. The van der Waals surface area contributed by atoms with Crippen LogP contribution < -0.4 is 5.32 Å². The van der Waals surface area contributed by atoms with E-state index in [4.69, 9.17) is 11.6 Å². The standard InChI is InChI=1S/C11H14ClN3O/c12-9-1-10(14-4-9)11(16)15-5-7-2-13-3-8(7)6-15/h1,4,7-8,13-14H,2-3,5-6H2. The average molecular weight is 240 g/mol. The minimum Gasteiger partial charge on any atom is -0.356 e. The van der Waals surface area contributed by atoms with Gasteiger partial charge in [-0.3, -0.25) is 4.79 Å². The van der Waals surface area contributed by atoms with E-state index in [0.29, 0.717) is 22.6 Å². The number of nitrogens with one attached hydrogen (secondary N) is 2. The fourth-order valence-electron chi connectivity index (χ4n) is 2.68. The maximum Gasteiger partial charge on any atom is 0.270 e. The van der Waals surface area contributed by atoms with Gasteiger partial charge in [-0.1, -0.05) is 11.6 Å². The van der Waals surface area contributed by atoms with Crippen LogP contribution in [0.1, 0.15) is 10.5 Å². The second kappa shape index (κ2) is 3.79. The zero-order chi connectivity index (χ0) is 11.1. The van der Waals surface area contributed by atoms with Crippen molar-refractivity contribution in [3.63, 3.8) is 0 Å². The predicted molar refractivity (Wildman–Crippen MR) is 61.6 cm³/mol. The molecule has 2 aliphatic rings. The van der Waals surface area contributed by atoms with E-state index in [1.54, 1.807) is 12.3 Å². The van der Waals surface area contributed by atoms with Crippen LogP contribution in [0.2, 0.25) is 5.02 Å². The van der Waals surface area contributed by atoms with E-state index < -0.39 is 0 Å². The lowest BCUT2D eigenvalue weighted by atomic mass is 10.0. The number of likely N-dealkylation sites (tertiary alicyclic amines) is 1. The number of H-pyrrole nitrogens is 1. The highest BCUT2D eigenvalue weighted by atomic mass is 35.5. The Labute approximate surface area is 99.0 Å². The van der Waals surface area contributed by atoms with Crippen molar-refractivity contribution in [3.8, 4) is 0 Å². The van der Waals surface area contributed by atoms with Gasteiger partial charge >= 0.3 is 0 Å². The Morgan fingerprint density at radius 1 is 1.38 bits per heavy atom. The van der Waals surface area contributed by atoms with Crippen molar-refractivity contribution >= 4 is 17.5 Å². The second-order valence-electron chi connectivity index (χ2n) is 4.62. The van der Waals surface area contributed by atoms with Crippen molar-refractivity contribution in [2.75, 3.05) is 26.2 Å². The summed E-state index contributed by atoms with van der Waals surface area (Å²) in [5.41, 5.74) is 0.595. The van der Waals surface area contributed by atoms with E-state index in [9.17, 15) is 4.79 Å². The van der Waals surface area contributed by atoms with Crippen molar-refractivity contribution in [1.82, 2.24) is 15.2 Å². The van der Waals surface area contributed by atoms with Gasteiger partial charge < -0.3 is 15.2 Å². The largest absolute Gasteiger partial charge is 0.356 e. The molecule has 0 aliphatic carbocycles. The Morgan fingerprint density at radius 2 is 2.06 bits per heavy atom. The summed E-state index contributed by atoms with van der Waals surface area (Å²) in [7, 11) is 0. The van der Waals surface area contributed by atoms with Crippen molar-refractivity contribution in [2.24, 2.45) is 11.8 Å². The molecule has 0 bridgehead atoms. The number of halogens is 1. The summed E-state index contributed by atoms with van der Waals surface area (Å²) in [5, 5.41) is 3.95. The number of carbonyl (C=O) groups excluding carboxylic acids is 1. The zero-order valence-electron chi connectivity index (χ0n) is 8.87. The Bertz CT molecular complexity index is 405. The number of fused-ring (bicyclic) bond motifs is 1. The summed E-state index contributed by atoms with van der Waals surface area (Å²) in [5.74, 6) is 1.34. The summed E-state index contributed by atoms with van der Waals surface area (Å²) in [6.45, 7) is 3.82. The van der Waals surface area contributed by atoms with Gasteiger partial charge in [0.05, 0.1) is 5.02 Å². The number of nitrogens with zero attached hydrogens (tertiary/aromatic N) is 1. The molecule has 1 aromatic rings. The molecule has 3 heterocycles. The third-order valence-corrected chi connectivity index (χ3v) is 3.77. The molecule has 2 unspecified atom stereocenters. The van der Waals surface area contributed by atoms with Gasteiger partial charge in [0.1, 0.15) is 5.69 Å². The molecule has 16 heavy (non-hydrogen) atoms. The molecule has 2 atom stereocenters. The number of amides is 1. The van der Waals surface area contributed by atoms with Gasteiger partial charge in [-0.2, -0.15) is 0 Å². The van der Waals surface area contributed by atoms with Gasteiger partial charge in [0, 0.05) is 32.4 Å². The van der Waals surface area contributed by atoms with Crippen LogP contribution in [0.5, 0.6) is 0 Å². The minimum absolute atomic E-state index is 0.0706. The molecule has 0 aromatic carbocycles. The van der Waals surface area contributed by atoms with Gasteiger partial charge in [-0.25, -0.2) is 0 Å². The maximum atomic E-state index is 12.1. The Hall–Kier alpha value is -1.00. The lowest BCUT2D eigenvalue weighted by molar-refractivity contribution is 0.0776. The number of aromatic amines is 1. The number of hydrogen-bond acceptors (Lipinski definition) is 2. The molecule has 2 fully saturated rings. The number of aromatic nitrogens is 1. The van der Waals surface area contributed by atoms with Crippen molar-refractivity contribution in [3.05, 3.63) is 23.0 Å². The smallest absolute Gasteiger partial charge is 0.270 e. The second-order valence-corrected chi connectivity index (χ2v) is 5.06. The van der Waals surface area contributed by atoms with Crippen molar-refractivity contribution in [1.29, 1.82) is 0 Å². The monoisotopic (exact) mass is 239 g/mol. The maximum absolute atomic E-state index is 12.1. The molecule has 4 nitrogen and oxygen atoms in total. The summed E-state index contributed by atoms with van der Waals surface area (Å²) in [6.07, 6.45) is 1.65. The Balaban J connectivity index is 1.73.